The van der Waals surface area contributed by atoms with E-state index in [1.807, 2.05) is 19.1 Å². The minimum Gasteiger partial charge on any atom is -0.448 e. The first-order valence-electron chi connectivity index (χ1n) is 6.21. The Bertz CT molecular complexity index is 562. The molecule has 0 saturated heterocycles. The van der Waals surface area contributed by atoms with Crippen molar-refractivity contribution in [3.05, 3.63) is 47.2 Å². The SMILES string of the molecule is Cc1ocnc1CN1CCc2cccc(N)c2C1. The van der Waals surface area contributed by atoms with Crippen LogP contribution < -0.4 is 5.73 Å². The van der Waals surface area contributed by atoms with Crippen LogP contribution in [0.2, 0.25) is 0 Å². The molecule has 0 radical (unpaired) electrons. The maximum Gasteiger partial charge on any atom is 0.181 e. The van der Waals surface area contributed by atoms with E-state index >= 15 is 0 Å². The summed E-state index contributed by atoms with van der Waals surface area (Å²) in [4.78, 5) is 6.61. The summed E-state index contributed by atoms with van der Waals surface area (Å²) in [5, 5.41) is 0. The number of nitrogen functional groups attached to an aromatic ring is 1. The summed E-state index contributed by atoms with van der Waals surface area (Å²) in [6.07, 6.45) is 2.56. The van der Waals surface area contributed by atoms with Crippen LogP contribution in [0.5, 0.6) is 0 Å². The lowest BCUT2D eigenvalue weighted by molar-refractivity contribution is 0.242. The molecule has 2 heterocycles. The molecule has 1 aliphatic rings. The summed E-state index contributed by atoms with van der Waals surface area (Å²) in [5.74, 6) is 0.904. The second-order valence-electron chi connectivity index (χ2n) is 4.80. The molecule has 0 unspecified atom stereocenters. The molecule has 4 nitrogen and oxygen atoms in total. The number of fused-ring (bicyclic) bond motifs is 1. The summed E-state index contributed by atoms with van der Waals surface area (Å²) in [6.45, 7) is 4.72. The van der Waals surface area contributed by atoms with Crippen molar-refractivity contribution < 1.29 is 4.42 Å². The number of anilines is 1. The van der Waals surface area contributed by atoms with Gasteiger partial charge in [-0.3, -0.25) is 4.90 Å². The van der Waals surface area contributed by atoms with E-state index in [1.54, 1.807) is 0 Å². The van der Waals surface area contributed by atoms with Gasteiger partial charge >= 0.3 is 0 Å². The third kappa shape index (κ3) is 1.99. The van der Waals surface area contributed by atoms with Crippen molar-refractivity contribution >= 4 is 5.69 Å². The van der Waals surface area contributed by atoms with E-state index in [0.29, 0.717) is 0 Å². The molecule has 1 aromatic carbocycles. The summed E-state index contributed by atoms with van der Waals surface area (Å²) < 4.78 is 5.24. The molecule has 0 amide bonds. The highest BCUT2D eigenvalue weighted by Gasteiger charge is 2.19. The summed E-state index contributed by atoms with van der Waals surface area (Å²) in [5.41, 5.74) is 10.6. The summed E-state index contributed by atoms with van der Waals surface area (Å²) in [7, 11) is 0. The van der Waals surface area contributed by atoms with E-state index in [1.165, 1.54) is 17.5 Å². The molecule has 0 atom stereocenters. The van der Waals surface area contributed by atoms with Gasteiger partial charge < -0.3 is 10.2 Å². The van der Waals surface area contributed by atoms with Crippen LogP contribution in [0.4, 0.5) is 5.69 Å². The first kappa shape index (κ1) is 11.3. The number of benzene rings is 1. The van der Waals surface area contributed by atoms with E-state index in [9.17, 15) is 0 Å². The molecule has 0 saturated carbocycles. The molecule has 1 aromatic heterocycles. The molecule has 0 spiro atoms. The van der Waals surface area contributed by atoms with Gasteiger partial charge in [-0.15, -0.1) is 0 Å². The van der Waals surface area contributed by atoms with Crippen LogP contribution in [0, 0.1) is 6.92 Å². The average molecular weight is 243 g/mol. The number of hydrogen-bond acceptors (Lipinski definition) is 4. The molecule has 18 heavy (non-hydrogen) atoms. The van der Waals surface area contributed by atoms with Crippen molar-refractivity contribution in [3.63, 3.8) is 0 Å². The standard InChI is InChI=1S/C14H17N3O/c1-10-14(16-9-18-10)8-17-6-5-11-3-2-4-13(15)12(11)7-17/h2-4,9H,5-8,15H2,1H3. The molecule has 1 aliphatic heterocycles. The van der Waals surface area contributed by atoms with E-state index in [-0.39, 0.29) is 0 Å². The van der Waals surface area contributed by atoms with E-state index in [4.69, 9.17) is 10.2 Å². The number of oxazole rings is 1. The molecule has 0 aliphatic carbocycles. The molecule has 0 fully saturated rings. The monoisotopic (exact) mass is 243 g/mol. The van der Waals surface area contributed by atoms with Crippen molar-refractivity contribution in [2.75, 3.05) is 12.3 Å². The zero-order valence-corrected chi connectivity index (χ0v) is 10.5. The van der Waals surface area contributed by atoms with Crippen molar-refractivity contribution in [3.8, 4) is 0 Å². The van der Waals surface area contributed by atoms with Crippen LogP contribution >= 0.6 is 0 Å². The Morgan fingerprint density at radius 3 is 3.11 bits per heavy atom. The highest BCUT2D eigenvalue weighted by molar-refractivity contribution is 5.51. The molecule has 4 heteroatoms. The fourth-order valence-electron chi connectivity index (χ4n) is 2.49. The Labute approximate surface area is 106 Å². The Morgan fingerprint density at radius 1 is 1.44 bits per heavy atom. The van der Waals surface area contributed by atoms with Gasteiger partial charge in [-0.25, -0.2) is 4.98 Å². The lowest BCUT2D eigenvalue weighted by Gasteiger charge is -2.29. The van der Waals surface area contributed by atoms with Gasteiger partial charge in [0, 0.05) is 25.3 Å². The predicted octanol–water partition coefficient (Wildman–Crippen LogP) is 2.12. The Kier molecular flexibility index (Phi) is 2.80. The number of rotatable bonds is 2. The van der Waals surface area contributed by atoms with Crippen LogP contribution in [0.3, 0.4) is 0 Å². The first-order valence-corrected chi connectivity index (χ1v) is 6.21. The van der Waals surface area contributed by atoms with Gasteiger partial charge in [0.05, 0.1) is 5.69 Å². The Balaban J connectivity index is 1.79. The summed E-state index contributed by atoms with van der Waals surface area (Å²) in [6, 6.07) is 6.18. The largest absolute Gasteiger partial charge is 0.448 e. The maximum absolute atomic E-state index is 6.05. The van der Waals surface area contributed by atoms with Crippen molar-refractivity contribution in [1.29, 1.82) is 0 Å². The van der Waals surface area contributed by atoms with Crippen LogP contribution in [-0.4, -0.2) is 16.4 Å². The predicted molar refractivity (Wildman–Crippen MR) is 69.9 cm³/mol. The molecule has 3 rings (SSSR count). The number of nitrogens with two attached hydrogens (primary N) is 1. The molecule has 2 aromatic rings. The van der Waals surface area contributed by atoms with Gasteiger partial charge in [0.2, 0.25) is 0 Å². The topological polar surface area (TPSA) is 55.3 Å². The zero-order chi connectivity index (χ0) is 12.5. The molecule has 94 valence electrons. The Morgan fingerprint density at radius 2 is 2.33 bits per heavy atom. The van der Waals surface area contributed by atoms with Crippen LogP contribution in [-0.2, 0) is 19.5 Å². The molecule has 2 N–H and O–H groups in total. The maximum atomic E-state index is 6.05. The normalized spacial score (nSPS) is 15.6. The summed E-state index contributed by atoms with van der Waals surface area (Å²) >= 11 is 0. The van der Waals surface area contributed by atoms with Gasteiger partial charge in [-0.2, -0.15) is 0 Å². The minimum absolute atomic E-state index is 0.829. The number of aryl methyl sites for hydroxylation is 1. The van der Waals surface area contributed by atoms with Gasteiger partial charge in [-0.05, 0) is 30.5 Å². The van der Waals surface area contributed by atoms with E-state index in [2.05, 4.69) is 16.0 Å². The first-order chi connectivity index (χ1) is 8.74. The van der Waals surface area contributed by atoms with Gasteiger partial charge in [0.25, 0.3) is 0 Å². The molecular weight excluding hydrogens is 226 g/mol. The van der Waals surface area contributed by atoms with Gasteiger partial charge in [0.15, 0.2) is 6.39 Å². The van der Waals surface area contributed by atoms with Gasteiger partial charge in [0.1, 0.15) is 5.76 Å². The highest BCUT2D eigenvalue weighted by atomic mass is 16.3. The minimum atomic E-state index is 0.829. The smallest absolute Gasteiger partial charge is 0.181 e. The number of aromatic nitrogens is 1. The van der Waals surface area contributed by atoms with Crippen LogP contribution in [0.1, 0.15) is 22.6 Å². The quantitative estimate of drug-likeness (QED) is 0.821. The van der Waals surface area contributed by atoms with E-state index in [0.717, 1.165) is 43.2 Å². The average Bonchev–Trinajstić information content (AvgIpc) is 2.76. The highest BCUT2D eigenvalue weighted by Crippen LogP contribution is 2.25. The van der Waals surface area contributed by atoms with Crippen molar-refractivity contribution in [2.24, 2.45) is 0 Å². The van der Waals surface area contributed by atoms with Crippen molar-refractivity contribution in [1.82, 2.24) is 9.88 Å². The van der Waals surface area contributed by atoms with Gasteiger partial charge in [-0.1, -0.05) is 12.1 Å². The second kappa shape index (κ2) is 4.46. The number of hydrogen-bond donors (Lipinski definition) is 1. The fourth-order valence-corrected chi connectivity index (χ4v) is 2.49. The zero-order valence-electron chi connectivity index (χ0n) is 10.5. The lowest BCUT2D eigenvalue weighted by Crippen LogP contribution is -2.31. The molecular formula is C14H17N3O. The number of nitrogens with zero attached hydrogens (tertiary/aromatic N) is 2. The third-order valence-electron chi connectivity index (χ3n) is 3.61. The third-order valence-corrected chi connectivity index (χ3v) is 3.61. The Hall–Kier alpha value is -1.81. The van der Waals surface area contributed by atoms with Crippen LogP contribution in [0.15, 0.2) is 29.0 Å². The van der Waals surface area contributed by atoms with Crippen LogP contribution in [0.25, 0.3) is 0 Å². The second-order valence-corrected chi connectivity index (χ2v) is 4.80. The molecule has 0 bridgehead atoms. The van der Waals surface area contributed by atoms with E-state index < -0.39 is 0 Å². The lowest BCUT2D eigenvalue weighted by atomic mass is 9.98. The van der Waals surface area contributed by atoms with Crippen molar-refractivity contribution in [2.45, 2.75) is 26.4 Å². The fraction of sp³-hybridized carbons (Fsp3) is 0.357.